The molecule has 0 amide bonds. The van der Waals surface area contributed by atoms with E-state index in [0.29, 0.717) is 17.0 Å². The third kappa shape index (κ3) is 1.50. The number of fused-ring (bicyclic) bond motifs is 1. The maximum Gasteiger partial charge on any atom is 0.417 e. The largest absolute Gasteiger partial charge is 0.417 e. The van der Waals surface area contributed by atoms with Gasteiger partial charge in [-0.25, -0.2) is 9.78 Å². The van der Waals surface area contributed by atoms with Gasteiger partial charge in [-0.3, -0.25) is 4.98 Å². The molecule has 0 aliphatic heterocycles. The third-order valence-electron chi connectivity index (χ3n) is 2.60. The highest BCUT2D eigenvalue weighted by Gasteiger charge is 2.09. The van der Waals surface area contributed by atoms with Crippen molar-refractivity contribution < 1.29 is 4.42 Å². The zero-order valence-corrected chi connectivity index (χ0v) is 9.07. The van der Waals surface area contributed by atoms with E-state index in [2.05, 4.69) is 15.0 Å². The second kappa shape index (κ2) is 3.24. The van der Waals surface area contributed by atoms with Gasteiger partial charge in [0.2, 0.25) is 0 Å². The van der Waals surface area contributed by atoms with Crippen LogP contribution in [0.4, 0.5) is 5.95 Å². The van der Waals surface area contributed by atoms with E-state index in [9.17, 15) is 4.79 Å². The first-order chi connectivity index (χ1) is 8.13. The van der Waals surface area contributed by atoms with Gasteiger partial charge in [-0.05, 0) is 25.1 Å². The summed E-state index contributed by atoms with van der Waals surface area (Å²) in [4.78, 5) is 20.8. The summed E-state index contributed by atoms with van der Waals surface area (Å²) in [6, 6.07) is 5.37. The van der Waals surface area contributed by atoms with Gasteiger partial charge >= 0.3 is 5.76 Å². The van der Waals surface area contributed by atoms with Crippen LogP contribution in [0.1, 0.15) is 5.69 Å². The molecule has 0 unspecified atom stereocenters. The van der Waals surface area contributed by atoms with Crippen molar-refractivity contribution in [2.24, 2.45) is 0 Å². The number of aromatic nitrogens is 3. The van der Waals surface area contributed by atoms with Crippen LogP contribution in [0.25, 0.3) is 22.4 Å². The molecule has 17 heavy (non-hydrogen) atoms. The lowest BCUT2D eigenvalue weighted by Gasteiger charge is -1.97. The average molecular weight is 230 g/mol. The molecule has 0 saturated carbocycles. The number of H-pyrrole nitrogens is 2. The van der Waals surface area contributed by atoms with Gasteiger partial charge in [0.25, 0.3) is 0 Å². The van der Waals surface area contributed by atoms with Crippen LogP contribution in [0.15, 0.2) is 27.4 Å². The summed E-state index contributed by atoms with van der Waals surface area (Å²) in [6.07, 6.45) is 0. The number of nitrogens with zero attached hydrogens (tertiary/aromatic N) is 1. The minimum atomic E-state index is -0.463. The summed E-state index contributed by atoms with van der Waals surface area (Å²) in [5.74, 6) is -0.0892. The van der Waals surface area contributed by atoms with Crippen LogP contribution in [0.3, 0.4) is 0 Å². The molecule has 86 valence electrons. The Bertz CT molecular complexity index is 750. The van der Waals surface area contributed by atoms with Crippen molar-refractivity contribution in [3.8, 4) is 11.3 Å². The van der Waals surface area contributed by atoms with Gasteiger partial charge in [-0.1, -0.05) is 0 Å². The van der Waals surface area contributed by atoms with Crippen LogP contribution in [0.5, 0.6) is 0 Å². The highest BCUT2D eigenvalue weighted by atomic mass is 16.4. The normalized spacial score (nSPS) is 11.1. The third-order valence-corrected chi connectivity index (χ3v) is 2.60. The lowest BCUT2D eigenvalue weighted by Crippen LogP contribution is -1.92. The fourth-order valence-electron chi connectivity index (χ4n) is 1.86. The van der Waals surface area contributed by atoms with E-state index in [0.717, 1.165) is 17.0 Å². The summed E-state index contributed by atoms with van der Waals surface area (Å²) in [5, 5.41) is 0. The van der Waals surface area contributed by atoms with Crippen LogP contribution in [-0.4, -0.2) is 15.0 Å². The molecule has 4 N–H and O–H groups in total. The van der Waals surface area contributed by atoms with Crippen LogP contribution in [0.2, 0.25) is 0 Å². The van der Waals surface area contributed by atoms with Gasteiger partial charge in [0.1, 0.15) is 0 Å². The Hall–Kier alpha value is -2.50. The van der Waals surface area contributed by atoms with Gasteiger partial charge in [0.05, 0.1) is 11.2 Å². The minimum absolute atomic E-state index is 0.373. The highest BCUT2D eigenvalue weighted by molar-refractivity contribution is 5.79. The summed E-state index contributed by atoms with van der Waals surface area (Å²) < 4.78 is 4.93. The lowest BCUT2D eigenvalue weighted by atomic mass is 10.1. The van der Waals surface area contributed by atoms with Gasteiger partial charge in [0.15, 0.2) is 11.5 Å². The second-order valence-corrected chi connectivity index (χ2v) is 3.82. The number of aryl methyl sites for hydroxylation is 1. The number of hydrogen-bond acceptors (Lipinski definition) is 4. The summed E-state index contributed by atoms with van der Waals surface area (Å²) in [7, 11) is 0. The van der Waals surface area contributed by atoms with Crippen LogP contribution < -0.4 is 11.5 Å². The number of benzene rings is 1. The number of nitrogens with one attached hydrogen (secondary N) is 2. The fourth-order valence-corrected chi connectivity index (χ4v) is 1.86. The van der Waals surface area contributed by atoms with Crippen molar-refractivity contribution in [1.29, 1.82) is 0 Å². The Morgan fingerprint density at radius 3 is 2.88 bits per heavy atom. The first-order valence-electron chi connectivity index (χ1n) is 5.09. The molecule has 0 saturated heterocycles. The van der Waals surface area contributed by atoms with Gasteiger partial charge in [-0.15, -0.1) is 0 Å². The highest BCUT2D eigenvalue weighted by Crippen LogP contribution is 2.24. The Kier molecular flexibility index (Phi) is 1.85. The topological polar surface area (TPSA) is 101 Å². The number of rotatable bonds is 1. The van der Waals surface area contributed by atoms with Crippen molar-refractivity contribution in [3.63, 3.8) is 0 Å². The molecule has 3 rings (SSSR count). The van der Waals surface area contributed by atoms with Gasteiger partial charge < -0.3 is 15.1 Å². The molecule has 0 aliphatic rings. The van der Waals surface area contributed by atoms with E-state index in [1.54, 1.807) is 6.07 Å². The van der Waals surface area contributed by atoms with Crippen molar-refractivity contribution in [3.05, 3.63) is 34.4 Å². The lowest BCUT2D eigenvalue weighted by molar-refractivity contribution is 0.555. The zero-order chi connectivity index (χ0) is 12.0. The molecular weight excluding hydrogens is 220 g/mol. The number of nitrogen functional groups attached to an aromatic ring is 1. The Morgan fingerprint density at radius 2 is 2.18 bits per heavy atom. The van der Waals surface area contributed by atoms with Crippen LogP contribution in [-0.2, 0) is 0 Å². The predicted octanol–water partition coefficient (Wildman–Crippen LogP) is 1.40. The molecule has 1 aromatic carbocycles. The van der Waals surface area contributed by atoms with E-state index in [-0.39, 0.29) is 0 Å². The van der Waals surface area contributed by atoms with Crippen LogP contribution in [0, 0.1) is 6.92 Å². The first-order valence-corrected chi connectivity index (χ1v) is 5.09. The molecule has 3 aromatic rings. The second-order valence-electron chi connectivity index (χ2n) is 3.82. The molecule has 0 spiro atoms. The molecule has 0 radical (unpaired) electrons. The van der Waals surface area contributed by atoms with Gasteiger partial charge in [0, 0.05) is 11.3 Å². The maximum absolute atomic E-state index is 11.0. The molecule has 6 nitrogen and oxygen atoms in total. The molecule has 6 heteroatoms. The molecule has 2 aromatic heterocycles. The number of imidazole rings is 1. The van der Waals surface area contributed by atoms with E-state index in [1.165, 1.54) is 0 Å². The Labute approximate surface area is 95.5 Å². The van der Waals surface area contributed by atoms with Crippen molar-refractivity contribution in [2.75, 3.05) is 5.73 Å². The van der Waals surface area contributed by atoms with Crippen molar-refractivity contribution in [2.45, 2.75) is 6.92 Å². The quantitative estimate of drug-likeness (QED) is 0.588. The summed E-state index contributed by atoms with van der Waals surface area (Å²) >= 11 is 0. The first kappa shape index (κ1) is 9.71. The SMILES string of the molecule is Cc1[nH]c(N)nc1-c1ccc2oc(=O)[nH]c2c1. The maximum atomic E-state index is 11.0. The molecular formula is C11H10N4O2. The van der Waals surface area contributed by atoms with E-state index >= 15 is 0 Å². The van der Waals surface area contributed by atoms with Gasteiger partial charge in [-0.2, -0.15) is 0 Å². The standard InChI is InChI=1S/C11H10N4O2/c1-5-9(15-10(12)13-5)6-2-3-8-7(4-6)14-11(16)17-8/h2-4H,1H3,(H,14,16)(H3,12,13,15). The van der Waals surface area contributed by atoms with Crippen molar-refractivity contribution >= 4 is 17.0 Å². The monoisotopic (exact) mass is 230 g/mol. The number of anilines is 1. The van der Waals surface area contributed by atoms with E-state index < -0.39 is 5.76 Å². The molecule has 0 aliphatic carbocycles. The summed E-state index contributed by atoms with van der Waals surface area (Å²) in [6.45, 7) is 1.89. The summed E-state index contributed by atoms with van der Waals surface area (Å²) in [5.41, 5.74) is 9.29. The number of nitrogens with two attached hydrogens (primary N) is 1. The molecule has 0 bridgehead atoms. The molecule has 0 fully saturated rings. The number of oxazole rings is 1. The average Bonchev–Trinajstić information content (AvgIpc) is 2.78. The van der Waals surface area contributed by atoms with E-state index in [1.807, 2.05) is 19.1 Å². The van der Waals surface area contributed by atoms with E-state index in [4.69, 9.17) is 10.2 Å². The Morgan fingerprint density at radius 1 is 1.35 bits per heavy atom. The zero-order valence-electron chi connectivity index (χ0n) is 9.07. The van der Waals surface area contributed by atoms with Crippen LogP contribution >= 0.6 is 0 Å². The number of aromatic amines is 2. The smallest absolute Gasteiger partial charge is 0.408 e. The number of hydrogen-bond donors (Lipinski definition) is 3. The van der Waals surface area contributed by atoms with Crippen molar-refractivity contribution in [1.82, 2.24) is 15.0 Å². The Balaban J connectivity index is 2.23. The molecule has 2 heterocycles. The predicted molar refractivity (Wildman–Crippen MR) is 63.6 cm³/mol. The molecule has 0 atom stereocenters. The fraction of sp³-hybridized carbons (Fsp3) is 0.0909. The minimum Gasteiger partial charge on any atom is -0.408 e.